The number of anilines is 4. The molecular weight excluding hydrogens is 1120 g/mol. The second-order valence-corrected chi connectivity index (χ2v) is 21.5. The van der Waals surface area contributed by atoms with Crippen molar-refractivity contribution in [3.8, 4) is 11.5 Å². The fraction of sp³-hybridized carbons (Fsp3) is 0.0500. The molecule has 0 radical (unpaired) electrons. The van der Waals surface area contributed by atoms with Crippen molar-refractivity contribution in [1.29, 1.82) is 0 Å². The molecular formula is C60H38N6Na2O13S2. The van der Waals surface area contributed by atoms with E-state index < -0.39 is 92.9 Å². The van der Waals surface area contributed by atoms with Crippen LogP contribution in [0.2, 0.25) is 0 Å². The van der Waals surface area contributed by atoms with E-state index >= 15 is 0 Å². The molecule has 0 aromatic heterocycles. The molecule has 11 rings (SSSR count). The number of hydrogen-bond acceptors (Lipinski definition) is 17. The average molecular weight is 1160 g/mol. The molecule has 0 aliphatic heterocycles. The zero-order chi connectivity index (χ0) is 56.9. The number of Topliss-reactive ketones (excluding diaryl/α,β-unsaturated/α-hetero) is 1. The van der Waals surface area contributed by atoms with E-state index in [2.05, 4.69) is 31.1 Å². The van der Waals surface area contributed by atoms with Gasteiger partial charge in [0.2, 0.25) is 0 Å². The first kappa shape index (κ1) is 59.4. The van der Waals surface area contributed by atoms with Crippen LogP contribution < -0.4 is 80.0 Å². The van der Waals surface area contributed by atoms with E-state index in [1.165, 1.54) is 72.8 Å². The second-order valence-electron chi connectivity index (χ2n) is 18.8. The number of fused-ring (bicyclic) bond motifs is 4. The van der Waals surface area contributed by atoms with Crippen molar-refractivity contribution < 1.29 is 119 Å². The fourth-order valence-corrected chi connectivity index (χ4v) is 11.2. The molecule has 4 N–H and O–H groups in total. The maximum Gasteiger partial charge on any atom is 1.00 e. The molecule has 0 amide bonds. The zero-order valence-corrected chi connectivity index (χ0v) is 49.4. The Bertz CT molecular complexity index is 4180. The molecule has 0 spiro atoms. The molecule has 0 heterocycles. The quantitative estimate of drug-likeness (QED) is 0.0513. The monoisotopic (exact) mass is 1160 g/mol. The molecule has 8 aromatic rings. The van der Waals surface area contributed by atoms with Crippen LogP contribution in [0.1, 0.15) is 94.1 Å². The largest absolute Gasteiger partial charge is 1.00 e. The Labute approximate surface area is 517 Å². The predicted octanol–water partition coefficient (Wildman–Crippen LogP) is 5.42. The van der Waals surface area contributed by atoms with Crippen molar-refractivity contribution in [3.05, 3.63) is 225 Å². The molecule has 83 heavy (non-hydrogen) atoms. The van der Waals surface area contributed by atoms with Crippen LogP contribution in [-0.4, -0.2) is 54.9 Å². The molecule has 3 aliphatic rings. The first-order chi connectivity index (χ1) is 38.8. The van der Waals surface area contributed by atoms with Crippen LogP contribution in [0.4, 0.5) is 45.5 Å². The van der Waals surface area contributed by atoms with E-state index in [9.17, 15) is 60.1 Å². The number of carbonyl (C=O) groups is 5. The van der Waals surface area contributed by atoms with Crippen LogP contribution in [0.3, 0.4) is 0 Å². The summed E-state index contributed by atoms with van der Waals surface area (Å²) < 4.78 is 73.3. The summed E-state index contributed by atoms with van der Waals surface area (Å²) in [4.78, 5) is 69.2. The summed E-state index contributed by atoms with van der Waals surface area (Å²) in [5.74, 6) is -4.68. The molecule has 0 saturated heterocycles. The van der Waals surface area contributed by atoms with E-state index in [0.29, 0.717) is 52.9 Å². The normalized spacial score (nSPS) is 14.9. The molecule has 1 fully saturated rings. The van der Waals surface area contributed by atoms with Gasteiger partial charge < -0.3 is 20.8 Å². The van der Waals surface area contributed by atoms with Crippen LogP contribution in [0.5, 0.6) is 11.5 Å². The molecule has 23 heteroatoms. The summed E-state index contributed by atoms with van der Waals surface area (Å²) in [6, 6.07) is 38.1. The molecule has 8 aromatic carbocycles. The van der Waals surface area contributed by atoms with Crippen LogP contribution in [-0.2, 0) is 25.0 Å². The van der Waals surface area contributed by atoms with Gasteiger partial charge in [-0.2, -0.15) is 27.1 Å². The van der Waals surface area contributed by atoms with Crippen LogP contribution in [0, 0.1) is 0 Å². The Morgan fingerprint density at radius 3 is 1.11 bits per heavy atom. The topological polar surface area (TPSA) is 314 Å². The van der Waals surface area contributed by atoms with Crippen molar-refractivity contribution in [3.63, 3.8) is 0 Å². The predicted molar refractivity (Wildman–Crippen MR) is 294 cm³/mol. The van der Waals surface area contributed by atoms with E-state index in [1.54, 1.807) is 72.8 Å². The number of hydrogen-bond donors (Lipinski definition) is 4. The Balaban J connectivity index is 0.00000414. The van der Waals surface area contributed by atoms with Gasteiger partial charge in [0, 0.05) is 44.8 Å². The third-order valence-electron chi connectivity index (χ3n) is 13.6. The number of nitrogens with one attached hydrogen (secondary N) is 2. The number of carbonyl (C=O) groups excluding carboxylic acids is 5. The van der Waals surface area contributed by atoms with Gasteiger partial charge >= 0.3 is 59.1 Å². The van der Waals surface area contributed by atoms with Crippen molar-refractivity contribution in [1.82, 2.24) is 0 Å². The first-order valence-corrected chi connectivity index (χ1v) is 27.5. The Hall–Kier alpha value is -8.19. The van der Waals surface area contributed by atoms with E-state index in [0.717, 1.165) is 24.3 Å². The maximum atomic E-state index is 14.3. The number of nitrogens with zero attached hydrogens (tertiary/aromatic N) is 4. The van der Waals surface area contributed by atoms with E-state index in [4.69, 9.17) is 0 Å². The van der Waals surface area contributed by atoms with Gasteiger partial charge in [-0.3, -0.25) is 33.1 Å². The van der Waals surface area contributed by atoms with E-state index in [1.807, 2.05) is 0 Å². The second kappa shape index (κ2) is 24.0. The van der Waals surface area contributed by atoms with Gasteiger partial charge in [-0.15, -0.1) is 10.2 Å². The van der Waals surface area contributed by atoms with Crippen LogP contribution in [0.25, 0.3) is 12.2 Å². The summed E-state index contributed by atoms with van der Waals surface area (Å²) in [7, 11) is -10.4. The van der Waals surface area contributed by atoms with Gasteiger partial charge in [0.1, 0.15) is 21.2 Å². The third-order valence-corrected chi connectivity index (χ3v) is 15.3. The SMILES string of the molecule is O=C1/C(=C/c2ccc([O-])c(N=Nc3c(S(=O)(=O)O)cc(Nc4ccccc4)c4c3C(=O)c3ccccc3C4=O)c2)CCC/C1=C\c1ccc([O-])c(N=Nc2c(S(=O)(=O)O)cc(Nc3ccccc3)c3c2C(=O)c2ccccc2C3=O)c1.[Na+].[Na+]. The first-order valence-electron chi connectivity index (χ1n) is 24.6. The molecule has 3 aliphatic carbocycles. The third kappa shape index (κ3) is 11.8. The molecule has 400 valence electrons. The molecule has 0 unspecified atom stereocenters. The van der Waals surface area contributed by atoms with Gasteiger partial charge in [0.25, 0.3) is 20.2 Å². The Kier molecular flexibility index (Phi) is 17.2. The van der Waals surface area contributed by atoms with Crippen LogP contribution >= 0.6 is 0 Å². The number of allylic oxidation sites excluding steroid dienone is 2. The molecule has 0 bridgehead atoms. The summed E-state index contributed by atoms with van der Waals surface area (Å²) in [6.07, 6.45) is 4.09. The maximum absolute atomic E-state index is 14.3. The number of azo groups is 2. The number of rotatable bonds is 12. The minimum Gasteiger partial charge on any atom is -0.871 e. The molecule has 1 saturated carbocycles. The minimum atomic E-state index is -5.19. The van der Waals surface area contributed by atoms with Crippen molar-refractivity contribution in [2.45, 2.75) is 29.1 Å². The van der Waals surface area contributed by atoms with Gasteiger partial charge in [-0.05, 0) is 91.1 Å². The number of benzene rings is 8. The average Bonchev–Trinajstić information content (AvgIpc) is 3.00. The van der Waals surface area contributed by atoms with Crippen molar-refractivity contribution in [2.75, 3.05) is 10.6 Å². The minimum absolute atomic E-state index is 0. The molecule has 0 atom stereocenters. The van der Waals surface area contributed by atoms with Gasteiger partial charge in [0.05, 0.1) is 45.0 Å². The van der Waals surface area contributed by atoms with Crippen molar-refractivity contribution >= 4 is 107 Å². The number of para-hydroxylation sites is 2. The van der Waals surface area contributed by atoms with Crippen LogP contribution in [0.15, 0.2) is 199 Å². The summed E-state index contributed by atoms with van der Waals surface area (Å²) in [6.45, 7) is 0. The fourth-order valence-electron chi connectivity index (χ4n) is 9.84. The van der Waals surface area contributed by atoms with E-state index in [-0.39, 0.29) is 115 Å². The smallest absolute Gasteiger partial charge is 0.871 e. The van der Waals surface area contributed by atoms with Gasteiger partial charge in [-0.25, -0.2) is 0 Å². The van der Waals surface area contributed by atoms with Gasteiger partial charge in [-0.1, -0.05) is 121 Å². The Morgan fingerprint density at radius 1 is 0.422 bits per heavy atom. The summed E-state index contributed by atoms with van der Waals surface area (Å²) >= 11 is 0. The Morgan fingerprint density at radius 2 is 0.759 bits per heavy atom. The standard InChI is InChI=1S/C60H40N6O13S2.2Na/c67-46-24-22-32(28-42(46)63-65-54-48(80(74,75)76)30-44(61-36-14-3-1-4-15-36)50-52(54)59(72)40-20-9-7-18-38(40)57(50)70)26-34-12-11-13-35(56(34)69)27-33-23-25-47(68)43(29-33)64-66-55-49(81(77,78)79)31-45(62-37-16-5-2-6-17-37)51-53(55)60(73)41-21-10-8-19-39(41)58(51)71;;/h1-10,14-31,61-62,67-68H,11-13H2,(H,74,75,76)(H,77,78,79);;/q;2*+1/p-2/b34-26+,35-27+,65-63?,66-64?;;. The summed E-state index contributed by atoms with van der Waals surface area (Å²) in [5.41, 5.74) is -1.82. The number of ketones is 5. The van der Waals surface area contributed by atoms with Gasteiger partial charge in [0.15, 0.2) is 28.9 Å². The van der Waals surface area contributed by atoms with Crippen molar-refractivity contribution in [2.24, 2.45) is 20.5 Å². The zero-order valence-electron chi connectivity index (χ0n) is 43.8. The molecule has 19 nitrogen and oxygen atoms in total. The summed E-state index contributed by atoms with van der Waals surface area (Å²) in [5, 5.41) is 48.8.